The molecule has 3 aliphatic rings. The molecule has 7 nitrogen and oxygen atoms in total. The van der Waals surface area contributed by atoms with Crippen LogP contribution < -0.4 is 0 Å². The number of β-amino-alcohol motifs (C(OH)–C–C–N with tert-alkyl or cyclic N) is 1. The second kappa shape index (κ2) is 6.93. The number of amides is 2. The highest BCUT2D eigenvalue weighted by atomic mass is 16.3. The van der Waals surface area contributed by atoms with Gasteiger partial charge in [-0.25, -0.2) is 0 Å². The topological polar surface area (TPSA) is 77.0 Å². The lowest BCUT2D eigenvalue weighted by Gasteiger charge is -2.60. The molecule has 29 heavy (non-hydrogen) atoms. The van der Waals surface area contributed by atoms with Crippen molar-refractivity contribution < 1.29 is 14.7 Å². The summed E-state index contributed by atoms with van der Waals surface area (Å²) in [6.45, 7) is 2.90. The van der Waals surface area contributed by atoms with Crippen LogP contribution in [-0.2, 0) is 0 Å². The molecule has 4 heterocycles. The van der Waals surface area contributed by atoms with Gasteiger partial charge in [-0.3, -0.25) is 19.5 Å². The third-order valence-electron chi connectivity index (χ3n) is 6.39. The van der Waals surface area contributed by atoms with Crippen LogP contribution in [-0.4, -0.2) is 87.0 Å². The van der Waals surface area contributed by atoms with Crippen LogP contribution in [0.4, 0.5) is 0 Å². The molecule has 1 aromatic heterocycles. The number of aliphatic hydroxyl groups is 1. The summed E-state index contributed by atoms with van der Waals surface area (Å²) in [5.41, 5.74) is 0.966. The fourth-order valence-electron chi connectivity index (χ4n) is 5.09. The lowest BCUT2D eigenvalue weighted by atomic mass is 9.83. The molecule has 7 heteroatoms. The Bertz CT molecular complexity index is 914. The minimum atomic E-state index is -0.385. The van der Waals surface area contributed by atoms with E-state index in [1.54, 1.807) is 24.5 Å². The van der Waals surface area contributed by atoms with Gasteiger partial charge < -0.3 is 14.9 Å². The summed E-state index contributed by atoms with van der Waals surface area (Å²) >= 11 is 0. The number of hydrogen-bond acceptors (Lipinski definition) is 5. The molecule has 2 aromatic rings. The first-order chi connectivity index (χ1) is 14.1. The monoisotopic (exact) mass is 392 g/mol. The van der Waals surface area contributed by atoms with E-state index in [9.17, 15) is 14.7 Å². The van der Waals surface area contributed by atoms with Crippen molar-refractivity contribution in [2.75, 3.05) is 32.7 Å². The van der Waals surface area contributed by atoms with Crippen molar-refractivity contribution in [3.8, 4) is 0 Å². The van der Waals surface area contributed by atoms with Gasteiger partial charge >= 0.3 is 0 Å². The number of carbonyl (C=O) groups excluding carboxylic acids is 2. The van der Waals surface area contributed by atoms with Crippen LogP contribution >= 0.6 is 0 Å². The normalized spacial score (nSPS) is 25.6. The highest BCUT2D eigenvalue weighted by Gasteiger charge is 2.57. The van der Waals surface area contributed by atoms with Crippen LogP contribution in [0.25, 0.3) is 0 Å². The number of rotatable bonds is 2. The van der Waals surface area contributed by atoms with Crippen LogP contribution in [0.2, 0.25) is 0 Å². The number of fused-ring (bicyclic) bond motifs is 2. The number of benzene rings is 1. The van der Waals surface area contributed by atoms with Crippen LogP contribution in [0.3, 0.4) is 0 Å². The van der Waals surface area contributed by atoms with Crippen LogP contribution in [0.1, 0.15) is 27.1 Å². The van der Waals surface area contributed by atoms with Gasteiger partial charge in [0.05, 0.1) is 17.2 Å². The lowest BCUT2D eigenvalue weighted by Crippen LogP contribution is -2.79. The van der Waals surface area contributed by atoms with Gasteiger partial charge in [-0.05, 0) is 30.7 Å². The Balaban J connectivity index is 1.37. The first-order valence-electron chi connectivity index (χ1n) is 10.0. The van der Waals surface area contributed by atoms with E-state index in [-0.39, 0.29) is 29.5 Å². The van der Waals surface area contributed by atoms with Gasteiger partial charge in [0.15, 0.2) is 0 Å². The number of aliphatic hydroxyl groups excluding tert-OH is 1. The Hall–Kier alpha value is -2.77. The molecule has 2 unspecified atom stereocenters. The molecule has 0 bridgehead atoms. The lowest BCUT2D eigenvalue weighted by molar-refractivity contribution is -0.0917. The minimum absolute atomic E-state index is 0.0169. The number of nitrogens with zero attached hydrogens (tertiary/aromatic N) is 4. The Kier molecular flexibility index (Phi) is 4.37. The summed E-state index contributed by atoms with van der Waals surface area (Å²) in [6.07, 6.45) is 3.52. The highest BCUT2D eigenvalue weighted by molar-refractivity contribution is 5.95. The van der Waals surface area contributed by atoms with Crippen LogP contribution in [0.5, 0.6) is 0 Å². The highest BCUT2D eigenvalue weighted by Crippen LogP contribution is 2.39. The molecule has 150 valence electrons. The standard InChI is InChI=1S/C22H24N4O3/c27-19-9-18-11-24(21(29)17-7-4-8-23-10-17)13-22(26(18)12-19)14-25(15-22)20(28)16-5-2-1-3-6-16/h1-8,10,18-19,27H,9,11-15H2. The van der Waals surface area contributed by atoms with Crippen molar-refractivity contribution >= 4 is 11.8 Å². The largest absolute Gasteiger partial charge is 0.392 e. The molecular formula is C22H24N4O3. The van der Waals surface area contributed by atoms with Gasteiger partial charge in [0, 0.05) is 56.7 Å². The summed E-state index contributed by atoms with van der Waals surface area (Å²) in [5.74, 6) is -0.0189. The summed E-state index contributed by atoms with van der Waals surface area (Å²) in [6, 6.07) is 13.0. The fourth-order valence-corrected chi connectivity index (χ4v) is 5.09. The molecule has 3 fully saturated rings. The van der Waals surface area contributed by atoms with Crippen LogP contribution in [0, 0.1) is 0 Å². The number of aromatic nitrogens is 1. The SMILES string of the molecule is O=C(c1cccnc1)N1CC2CC(O)CN2C2(C1)CN(C(=O)c1ccccc1)C2. The zero-order chi connectivity index (χ0) is 20.0. The van der Waals surface area contributed by atoms with E-state index in [2.05, 4.69) is 9.88 Å². The number of carbonyl (C=O) groups is 2. The van der Waals surface area contributed by atoms with Gasteiger partial charge in [0.2, 0.25) is 0 Å². The number of pyridine rings is 1. The molecule has 1 aromatic carbocycles. The predicted molar refractivity (Wildman–Crippen MR) is 106 cm³/mol. The van der Waals surface area contributed by atoms with E-state index in [0.29, 0.717) is 50.3 Å². The third-order valence-corrected chi connectivity index (χ3v) is 6.39. The number of piperazine rings is 1. The van der Waals surface area contributed by atoms with E-state index < -0.39 is 0 Å². The smallest absolute Gasteiger partial charge is 0.255 e. The predicted octanol–water partition coefficient (Wildman–Crippen LogP) is 0.867. The molecule has 3 aliphatic heterocycles. The molecule has 3 saturated heterocycles. The maximum atomic E-state index is 13.1. The number of hydrogen-bond donors (Lipinski definition) is 1. The molecule has 1 N–H and O–H groups in total. The van der Waals surface area contributed by atoms with E-state index >= 15 is 0 Å². The van der Waals surface area contributed by atoms with Crippen molar-refractivity contribution in [2.45, 2.75) is 24.1 Å². The van der Waals surface area contributed by atoms with Crippen LogP contribution in [0.15, 0.2) is 54.9 Å². The summed E-state index contributed by atoms with van der Waals surface area (Å²) in [4.78, 5) is 36.0. The Morgan fingerprint density at radius 3 is 2.34 bits per heavy atom. The first-order valence-corrected chi connectivity index (χ1v) is 10.0. The Morgan fingerprint density at radius 2 is 1.62 bits per heavy atom. The molecule has 1 spiro atoms. The van der Waals surface area contributed by atoms with Crippen molar-refractivity contribution in [3.05, 3.63) is 66.0 Å². The molecule has 2 atom stereocenters. The van der Waals surface area contributed by atoms with Crippen molar-refractivity contribution in [3.63, 3.8) is 0 Å². The van der Waals surface area contributed by atoms with E-state index in [0.717, 1.165) is 0 Å². The van der Waals surface area contributed by atoms with E-state index in [4.69, 9.17) is 0 Å². The molecule has 0 radical (unpaired) electrons. The minimum Gasteiger partial charge on any atom is -0.392 e. The van der Waals surface area contributed by atoms with Gasteiger partial charge in [-0.1, -0.05) is 18.2 Å². The average molecular weight is 392 g/mol. The van der Waals surface area contributed by atoms with Crippen molar-refractivity contribution in [1.82, 2.24) is 19.7 Å². The second-order valence-electron chi connectivity index (χ2n) is 8.37. The molecular weight excluding hydrogens is 368 g/mol. The summed E-state index contributed by atoms with van der Waals surface area (Å²) in [7, 11) is 0. The summed E-state index contributed by atoms with van der Waals surface area (Å²) < 4.78 is 0. The summed E-state index contributed by atoms with van der Waals surface area (Å²) in [5, 5.41) is 10.3. The van der Waals surface area contributed by atoms with Crippen molar-refractivity contribution in [1.29, 1.82) is 0 Å². The van der Waals surface area contributed by atoms with Gasteiger partial charge in [0.25, 0.3) is 11.8 Å². The van der Waals surface area contributed by atoms with Crippen molar-refractivity contribution in [2.24, 2.45) is 0 Å². The van der Waals surface area contributed by atoms with Gasteiger partial charge in [-0.15, -0.1) is 0 Å². The molecule has 5 rings (SSSR count). The first kappa shape index (κ1) is 18.3. The molecule has 0 saturated carbocycles. The Labute approximate surface area is 169 Å². The van der Waals surface area contributed by atoms with E-state index in [1.807, 2.05) is 40.1 Å². The zero-order valence-corrected chi connectivity index (χ0v) is 16.1. The second-order valence-corrected chi connectivity index (χ2v) is 8.37. The zero-order valence-electron chi connectivity index (χ0n) is 16.1. The maximum absolute atomic E-state index is 13.1. The number of likely N-dealkylation sites (tertiary alicyclic amines) is 1. The molecule has 0 aliphatic carbocycles. The average Bonchev–Trinajstić information content (AvgIpc) is 3.12. The van der Waals surface area contributed by atoms with E-state index in [1.165, 1.54) is 0 Å². The Morgan fingerprint density at radius 1 is 0.931 bits per heavy atom. The fraction of sp³-hybridized carbons (Fsp3) is 0.409. The van der Waals surface area contributed by atoms with Gasteiger partial charge in [0.1, 0.15) is 0 Å². The molecule has 2 amide bonds. The van der Waals surface area contributed by atoms with Gasteiger partial charge in [-0.2, -0.15) is 0 Å². The maximum Gasteiger partial charge on any atom is 0.255 e. The quantitative estimate of drug-likeness (QED) is 0.821. The third kappa shape index (κ3) is 3.10.